The van der Waals surface area contributed by atoms with Crippen LogP contribution in [0.4, 0.5) is 13.2 Å². The lowest BCUT2D eigenvalue weighted by Gasteiger charge is -2.29. The molecule has 3 fully saturated rings. The van der Waals surface area contributed by atoms with E-state index in [1.54, 1.807) is 12.4 Å². The molecule has 4 atom stereocenters. The number of carbonyl (C=O) groups is 3. The third-order valence-corrected chi connectivity index (χ3v) is 9.12. The lowest BCUT2D eigenvalue weighted by molar-refractivity contribution is -0.192. The van der Waals surface area contributed by atoms with Crippen molar-refractivity contribution in [2.24, 2.45) is 17.3 Å². The molecule has 2 aliphatic heterocycles. The number of hydrogen-bond acceptors (Lipinski definition) is 9. The van der Waals surface area contributed by atoms with Gasteiger partial charge in [-0.25, -0.2) is 4.79 Å². The molecular formula is C28H29F3N4O6S. The van der Waals surface area contributed by atoms with Crippen molar-refractivity contribution in [3.8, 4) is 11.3 Å². The number of morpholine rings is 1. The SMILES string of the molecule is Cc1ccnc(-c2ccnc3cc(CN4C(=O)C5C(C4=O)C5(C)C)sc23)c1C(O)C1CNCCO1.O=C(O)C(F)(F)F. The van der Waals surface area contributed by atoms with E-state index in [1.807, 2.05) is 39.0 Å². The van der Waals surface area contributed by atoms with Crippen molar-refractivity contribution in [2.45, 2.75) is 45.7 Å². The van der Waals surface area contributed by atoms with Crippen LogP contribution in [-0.2, 0) is 25.7 Å². The number of halogens is 3. The highest BCUT2D eigenvalue weighted by atomic mass is 32.1. The van der Waals surface area contributed by atoms with Crippen LogP contribution in [0.5, 0.6) is 0 Å². The number of aryl methyl sites for hydroxylation is 1. The van der Waals surface area contributed by atoms with Crippen molar-refractivity contribution in [1.82, 2.24) is 20.2 Å². The standard InChI is InChI=1S/C26H28N4O4S.C2HF3O2/c1-13-4-6-29-21(18(13)22(31)17-11-27-8-9-34-17)15-5-7-28-16-10-14(35-23(15)16)12-30-24(32)19-20(25(30)33)26(19,2)3;3-2(4,5)1(6)7/h4-7,10,17,19-20,22,27,31H,8-9,11-12H2,1-3H3;(H,6,7). The first-order chi connectivity index (χ1) is 19.7. The van der Waals surface area contributed by atoms with Crippen LogP contribution in [0.1, 0.15) is 36.0 Å². The number of carboxylic acids is 1. The molecule has 2 amide bonds. The summed E-state index contributed by atoms with van der Waals surface area (Å²) in [6.07, 6.45) is -2.79. The number of nitrogens with zero attached hydrogens (tertiary/aromatic N) is 3. The molecule has 0 aromatic carbocycles. The van der Waals surface area contributed by atoms with Crippen LogP contribution in [0.2, 0.25) is 0 Å². The smallest absolute Gasteiger partial charge is 0.475 e. The number of thiophene rings is 1. The van der Waals surface area contributed by atoms with Crippen LogP contribution in [0.3, 0.4) is 0 Å². The third kappa shape index (κ3) is 5.39. The van der Waals surface area contributed by atoms with Gasteiger partial charge in [0, 0.05) is 41.5 Å². The minimum atomic E-state index is -5.08. The van der Waals surface area contributed by atoms with Gasteiger partial charge in [-0.2, -0.15) is 13.2 Å². The number of carbonyl (C=O) groups excluding carboxylic acids is 2. The van der Waals surface area contributed by atoms with E-state index >= 15 is 0 Å². The molecule has 14 heteroatoms. The fraction of sp³-hybridized carbons (Fsp3) is 0.464. The molecule has 0 radical (unpaired) electrons. The van der Waals surface area contributed by atoms with E-state index in [0.29, 0.717) is 18.8 Å². The maximum absolute atomic E-state index is 12.8. The molecule has 3 N–H and O–H groups in total. The largest absolute Gasteiger partial charge is 0.490 e. The Morgan fingerprint density at radius 1 is 1.21 bits per heavy atom. The van der Waals surface area contributed by atoms with Gasteiger partial charge in [-0.1, -0.05) is 13.8 Å². The van der Waals surface area contributed by atoms with E-state index in [0.717, 1.165) is 38.3 Å². The molecule has 3 aromatic heterocycles. The Kier molecular flexibility index (Phi) is 7.85. The first-order valence-corrected chi connectivity index (χ1v) is 14.0. The van der Waals surface area contributed by atoms with E-state index in [1.165, 1.54) is 16.2 Å². The molecule has 0 spiro atoms. The number of aliphatic carboxylic acids is 1. The van der Waals surface area contributed by atoms with Gasteiger partial charge >= 0.3 is 12.1 Å². The number of alkyl halides is 3. The molecule has 224 valence electrons. The number of ether oxygens (including phenoxy) is 1. The van der Waals surface area contributed by atoms with Crippen molar-refractivity contribution >= 4 is 39.3 Å². The van der Waals surface area contributed by atoms with Crippen LogP contribution in [-0.4, -0.2) is 74.8 Å². The predicted octanol–water partition coefficient (Wildman–Crippen LogP) is 3.46. The number of piperidine rings is 1. The van der Waals surface area contributed by atoms with Crippen molar-refractivity contribution in [1.29, 1.82) is 0 Å². The number of fused-ring (bicyclic) bond motifs is 2. The maximum Gasteiger partial charge on any atom is 0.490 e. The van der Waals surface area contributed by atoms with Crippen LogP contribution in [0, 0.1) is 24.2 Å². The second-order valence-corrected chi connectivity index (χ2v) is 12.2. The highest BCUT2D eigenvalue weighted by Crippen LogP contribution is 2.63. The average molecular weight is 607 g/mol. The van der Waals surface area contributed by atoms with Gasteiger partial charge < -0.3 is 20.3 Å². The summed E-state index contributed by atoms with van der Waals surface area (Å²) in [7, 11) is 0. The quantitative estimate of drug-likeness (QED) is 0.372. The summed E-state index contributed by atoms with van der Waals surface area (Å²) in [6, 6.07) is 5.75. The number of hydrogen-bond donors (Lipinski definition) is 3. The molecule has 4 unspecified atom stereocenters. The number of aliphatic hydroxyl groups excluding tert-OH is 1. The molecule has 42 heavy (non-hydrogen) atoms. The average Bonchev–Trinajstić information content (AvgIpc) is 3.17. The van der Waals surface area contributed by atoms with Gasteiger partial charge in [0.05, 0.1) is 40.9 Å². The fourth-order valence-electron chi connectivity index (χ4n) is 5.70. The molecule has 1 aliphatic carbocycles. The van der Waals surface area contributed by atoms with E-state index in [2.05, 4.69) is 15.3 Å². The molecule has 2 saturated heterocycles. The highest BCUT2D eigenvalue weighted by Gasteiger charge is 2.72. The molecule has 10 nitrogen and oxygen atoms in total. The number of imide groups is 1. The predicted molar refractivity (Wildman–Crippen MR) is 145 cm³/mol. The zero-order valence-electron chi connectivity index (χ0n) is 22.9. The van der Waals surface area contributed by atoms with Gasteiger partial charge in [0.1, 0.15) is 12.2 Å². The number of aromatic nitrogens is 2. The molecule has 3 aliphatic rings. The molecule has 3 aromatic rings. The Morgan fingerprint density at radius 2 is 1.86 bits per heavy atom. The number of carboxylic acid groups (broad SMARTS) is 1. The molecule has 0 bridgehead atoms. The second-order valence-electron chi connectivity index (χ2n) is 11.1. The lowest BCUT2D eigenvalue weighted by atomic mass is 9.94. The Morgan fingerprint density at radius 3 is 2.45 bits per heavy atom. The van der Waals surface area contributed by atoms with E-state index in [4.69, 9.17) is 14.6 Å². The number of pyridine rings is 2. The zero-order chi connectivity index (χ0) is 30.6. The van der Waals surface area contributed by atoms with Crippen LogP contribution in [0.25, 0.3) is 21.5 Å². The summed E-state index contributed by atoms with van der Waals surface area (Å²) < 4.78 is 38.5. The summed E-state index contributed by atoms with van der Waals surface area (Å²) in [5.74, 6) is -3.26. The van der Waals surface area contributed by atoms with Crippen molar-refractivity contribution in [3.05, 3.63) is 46.6 Å². The molecule has 1 saturated carbocycles. The summed E-state index contributed by atoms with van der Waals surface area (Å²) in [5, 5.41) is 21.7. The van der Waals surface area contributed by atoms with Gasteiger partial charge in [0.15, 0.2) is 0 Å². The molecular weight excluding hydrogens is 577 g/mol. The van der Waals surface area contributed by atoms with Gasteiger partial charge in [-0.15, -0.1) is 11.3 Å². The third-order valence-electron chi connectivity index (χ3n) is 7.98. The van der Waals surface area contributed by atoms with Gasteiger partial charge in [-0.3, -0.25) is 24.5 Å². The van der Waals surface area contributed by atoms with E-state index in [-0.39, 0.29) is 41.7 Å². The topological polar surface area (TPSA) is 142 Å². The summed E-state index contributed by atoms with van der Waals surface area (Å²) in [6.45, 7) is 8.10. The van der Waals surface area contributed by atoms with Crippen LogP contribution in [0.15, 0.2) is 30.6 Å². The van der Waals surface area contributed by atoms with Crippen LogP contribution >= 0.6 is 11.3 Å². The minimum Gasteiger partial charge on any atom is -0.475 e. The minimum absolute atomic E-state index is 0.0671. The zero-order valence-corrected chi connectivity index (χ0v) is 23.8. The Hall–Kier alpha value is -3.46. The number of aliphatic hydroxyl groups is 1. The first kappa shape index (κ1) is 30.0. The number of nitrogens with one attached hydrogen (secondary N) is 1. The van der Waals surface area contributed by atoms with E-state index < -0.39 is 18.2 Å². The lowest BCUT2D eigenvalue weighted by Crippen LogP contribution is -2.42. The Balaban J connectivity index is 0.000000451. The van der Waals surface area contributed by atoms with Crippen molar-refractivity contribution < 1.29 is 42.5 Å². The second kappa shape index (κ2) is 11.0. The van der Waals surface area contributed by atoms with Gasteiger partial charge in [0.25, 0.3) is 0 Å². The van der Waals surface area contributed by atoms with Gasteiger partial charge in [0.2, 0.25) is 11.8 Å². The summed E-state index contributed by atoms with van der Waals surface area (Å²) in [4.78, 5) is 46.1. The molecule has 6 rings (SSSR count). The monoisotopic (exact) mass is 606 g/mol. The van der Waals surface area contributed by atoms with Crippen molar-refractivity contribution in [2.75, 3.05) is 19.7 Å². The van der Waals surface area contributed by atoms with Gasteiger partial charge in [-0.05, 0) is 36.1 Å². The Labute approximate surface area is 242 Å². The normalized spacial score (nSPS) is 23.8. The summed E-state index contributed by atoms with van der Waals surface area (Å²) >= 11 is 1.51. The maximum atomic E-state index is 12.8. The number of likely N-dealkylation sites (tertiary alicyclic amines) is 1. The number of rotatable bonds is 5. The summed E-state index contributed by atoms with van der Waals surface area (Å²) in [5.41, 5.74) is 3.82. The molecule has 5 heterocycles. The highest BCUT2D eigenvalue weighted by molar-refractivity contribution is 7.19. The van der Waals surface area contributed by atoms with E-state index in [9.17, 15) is 27.9 Å². The van der Waals surface area contributed by atoms with Crippen molar-refractivity contribution in [3.63, 3.8) is 0 Å². The fourth-order valence-corrected chi connectivity index (χ4v) is 6.82. The first-order valence-electron chi connectivity index (χ1n) is 13.2. The van der Waals surface area contributed by atoms with Crippen LogP contribution < -0.4 is 5.32 Å². The Bertz CT molecular complexity index is 1530. The number of amides is 2.